The molecule has 6 nitrogen and oxygen atoms in total. The Morgan fingerprint density at radius 1 is 1.79 bits per heavy atom. The van der Waals surface area contributed by atoms with Gasteiger partial charge in [-0.15, -0.1) is 12.4 Å². The summed E-state index contributed by atoms with van der Waals surface area (Å²) in [5, 5.41) is 9.77. The first-order chi connectivity index (χ1) is 6.24. The molecule has 0 amide bonds. The van der Waals surface area contributed by atoms with E-state index in [1.807, 2.05) is 0 Å². The number of ether oxygens (including phenoxy) is 1. The number of nitrogens with two attached hydrogens (primary N) is 1. The van der Waals surface area contributed by atoms with E-state index < -0.39 is 6.04 Å². The predicted molar refractivity (Wildman–Crippen MR) is 51.8 cm³/mol. The zero-order chi connectivity index (χ0) is 9.68. The van der Waals surface area contributed by atoms with Gasteiger partial charge in [-0.1, -0.05) is 0 Å². The standard InChI is InChI=1S/C7H12N4O2.ClH/c1-2-13-7(12)3-5(8)6-4-9-11-10-6;/h4-5H,2-3,8H2,1H3,(H,9,10,11);1H. The number of carbonyl (C=O) groups excluding carboxylic acids is 1. The van der Waals surface area contributed by atoms with Crippen LogP contribution in [0.3, 0.4) is 0 Å². The molecule has 0 fully saturated rings. The third-order valence-corrected chi connectivity index (χ3v) is 1.51. The van der Waals surface area contributed by atoms with E-state index in [4.69, 9.17) is 10.5 Å². The van der Waals surface area contributed by atoms with E-state index in [9.17, 15) is 4.79 Å². The Kier molecular flexibility index (Phi) is 5.82. The van der Waals surface area contributed by atoms with Crippen LogP contribution in [0.4, 0.5) is 0 Å². The fourth-order valence-electron chi connectivity index (χ4n) is 0.893. The van der Waals surface area contributed by atoms with Crippen LogP contribution in [0.15, 0.2) is 6.20 Å². The number of hydrogen-bond acceptors (Lipinski definition) is 5. The quantitative estimate of drug-likeness (QED) is 0.706. The Morgan fingerprint density at radius 3 is 3.00 bits per heavy atom. The van der Waals surface area contributed by atoms with Crippen LogP contribution in [0, 0.1) is 0 Å². The molecule has 0 saturated heterocycles. The third-order valence-electron chi connectivity index (χ3n) is 1.51. The summed E-state index contributed by atoms with van der Waals surface area (Å²) in [5.41, 5.74) is 6.21. The SMILES string of the molecule is CCOC(=O)CC(N)c1cn[nH]n1.Cl. The average molecular weight is 221 g/mol. The van der Waals surface area contributed by atoms with Crippen molar-refractivity contribution in [3.05, 3.63) is 11.9 Å². The molecule has 1 aromatic rings. The summed E-state index contributed by atoms with van der Waals surface area (Å²) in [7, 11) is 0. The molecule has 0 aliphatic carbocycles. The van der Waals surface area contributed by atoms with Gasteiger partial charge in [0, 0.05) is 0 Å². The van der Waals surface area contributed by atoms with Gasteiger partial charge in [0.1, 0.15) is 0 Å². The molecule has 1 unspecified atom stereocenters. The zero-order valence-corrected chi connectivity index (χ0v) is 8.58. The fraction of sp³-hybridized carbons (Fsp3) is 0.571. The maximum Gasteiger partial charge on any atom is 0.307 e. The Morgan fingerprint density at radius 2 is 2.50 bits per heavy atom. The average Bonchev–Trinajstić information content (AvgIpc) is 2.55. The molecule has 1 aromatic heterocycles. The van der Waals surface area contributed by atoms with Gasteiger partial charge < -0.3 is 10.5 Å². The van der Waals surface area contributed by atoms with Gasteiger partial charge in [-0.3, -0.25) is 4.79 Å². The van der Waals surface area contributed by atoms with Crippen LogP contribution in [0.25, 0.3) is 0 Å². The van der Waals surface area contributed by atoms with Gasteiger partial charge in [-0.05, 0) is 6.92 Å². The van der Waals surface area contributed by atoms with Crippen LogP contribution < -0.4 is 5.73 Å². The summed E-state index contributed by atoms with van der Waals surface area (Å²) in [4.78, 5) is 11.0. The normalized spacial score (nSPS) is 11.6. The van der Waals surface area contributed by atoms with Gasteiger partial charge in [0.15, 0.2) is 0 Å². The van der Waals surface area contributed by atoms with Crippen molar-refractivity contribution >= 4 is 18.4 Å². The van der Waals surface area contributed by atoms with E-state index in [0.29, 0.717) is 12.3 Å². The summed E-state index contributed by atoms with van der Waals surface area (Å²) < 4.78 is 4.73. The van der Waals surface area contributed by atoms with Crippen LogP contribution in [-0.2, 0) is 9.53 Å². The second-order valence-electron chi connectivity index (χ2n) is 2.51. The van der Waals surface area contributed by atoms with Crippen LogP contribution in [0.1, 0.15) is 25.1 Å². The Hall–Kier alpha value is -1.14. The lowest BCUT2D eigenvalue weighted by Crippen LogP contribution is -2.17. The molecule has 1 atom stereocenters. The summed E-state index contributed by atoms with van der Waals surface area (Å²) >= 11 is 0. The topological polar surface area (TPSA) is 93.9 Å². The van der Waals surface area contributed by atoms with E-state index >= 15 is 0 Å². The van der Waals surface area contributed by atoms with Gasteiger partial charge >= 0.3 is 5.97 Å². The summed E-state index contributed by atoms with van der Waals surface area (Å²) in [6, 6.07) is -0.446. The van der Waals surface area contributed by atoms with Crippen LogP contribution in [0.2, 0.25) is 0 Å². The molecular weight excluding hydrogens is 208 g/mol. The number of carbonyl (C=O) groups is 1. The number of esters is 1. The molecule has 0 aliphatic rings. The minimum absolute atomic E-state index is 0. The van der Waals surface area contributed by atoms with E-state index in [1.54, 1.807) is 6.92 Å². The first-order valence-electron chi connectivity index (χ1n) is 4.01. The second kappa shape index (κ2) is 6.33. The minimum atomic E-state index is -0.446. The Bertz CT molecular complexity index is 265. The predicted octanol–water partition coefficient (Wildman–Crippen LogP) is 0.179. The number of nitrogens with zero attached hydrogens (tertiary/aromatic N) is 2. The molecule has 0 radical (unpaired) electrons. The Labute approximate surface area is 87.6 Å². The van der Waals surface area contributed by atoms with Crippen molar-refractivity contribution in [1.82, 2.24) is 15.4 Å². The first-order valence-corrected chi connectivity index (χ1v) is 4.01. The molecule has 0 aromatic carbocycles. The summed E-state index contributed by atoms with van der Waals surface area (Å²) in [6.45, 7) is 2.11. The number of halogens is 1. The lowest BCUT2D eigenvalue weighted by atomic mass is 10.2. The van der Waals surface area contributed by atoms with Crippen LogP contribution >= 0.6 is 12.4 Å². The molecule has 0 bridgehead atoms. The molecule has 14 heavy (non-hydrogen) atoms. The first kappa shape index (κ1) is 12.9. The van der Waals surface area contributed by atoms with Crippen molar-refractivity contribution in [2.75, 3.05) is 6.61 Å². The van der Waals surface area contributed by atoms with Crippen molar-refractivity contribution in [3.8, 4) is 0 Å². The zero-order valence-electron chi connectivity index (χ0n) is 7.77. The number of H-pyrrole nitrogens is 1. The molecule has 0 spiro atoms. The van der Waals surface area contributed by atoms with Crippen LogP contribution in [-0.4, -0.2) is 28.0 Å². The molecule has 7 heteroatoms. The number of rotatable bonds is 4. The van der Waals surface area contributed by atoms with Gasteiger partial charge in [0.05, 0.1) is 31.0 Å². The number of nitrogens with one attached hydrogen (secondary N) is 1. The monoisotopic (exact) mass is 220 g/mol. The van der Waals surface area contributed by atoms with Gasteiger partial charge in [-0.2, -0.15) is 15.4 Å². The van der Waals surface area contributed by atoms with E-state index in [2.05, 4.69) is 15.4 Å². The highest BCUT2D eigenvalue weighted by Gasteiger charge is 2.14. The maximum atomic E-state index is 11.0. The molecule has 3 N–H and O–H groups in total. The van der Waals surface area contributed by atoms with Crippen molar-refractivity contribution in [3.63, 3.8) is 0 Å². The highest BCUT2D eigenvalue weighted by Crippen LogP contribution is 2.09. The highest BCUT2D eigenvalue weighted by atomic mass is 35.5. The lowest BCUT2D eigenvalue weighted by Gasteiger charge is -2.06. The van der Waals surface area contributed by atoms with Crippen molar-refractivity contribution in [2.24, 2.45) is 5.73 Å². The van der Waals surface area contributed by atoms with Crippen LogP contribution in [0.5, 0.6) is 0 Å². The van der Waals surface area contributed by atoms with Crippen molar-refractivity contribution < 1.29 is 9.53 Å². The summed E-state index contributed by atoms with van der Waals surface area (Å²) in [6.07, 6.45) is 1.62. The smallest absolute Gasteiger partial charge is 0.307 e. The van der Waals surface area contributed by atoms with Gasteiger partial charge in [0.2, 0.25) is 0 Å². The number of hydrogen-bond donors (Lipinski definition) is 2. The second-order valence-corrected chi connectivity index (χ2v) is 2.51. The van der Waals surface area contributed by atoms with Crippen molar-refractivity contribution in [1.29, 1.82) is 0 Å². The molecule has 1 rings (SSSR count). The van der Waals surface area contributed by atoms with Gasteiger partial charge in [-0.25, -0.2) is 0 Å². The lowest BCUT2D eigenvalue weighted by molar-refractivity contribution is -0.143. The molecule has 0 aliphatic heterocycles. The molecule has 80 valence electrons. The highest BCUT2D eigenvalue weighted by molar-refractivity contribution is 5.85. The molecule has 1 heterocycles. The number of aromatic amines is 1. The molecule has 0 saturated carbocycles. The third kappa shape index (κ3) is 3.71. The number of aromatic nitrogens is 3. The minimum Gasteiger partial charge on any atom is -0.466 e. The van der Waals surface area contributed by atoms with E-state index in [0.717, 1.165) is 0 Å². The van der Waals surface area contributed by atoms with E-state index in [1.165, 1.54) is 6.20 Å². The van der Waals surface area contributed by atoms with Gasteiger partial charge in [0.25, 0.3) is 0 Å². The summed E-state index contributed by atoms with van der Waals surface area (Å²) in [5.74, 6) is -0.321. The largest absolute Gasteiger partial charge is 0.466 e. The fourth-order valence-corrected chi connectivity index (χ4v) is 0.893. The molecular formula is C7H13ClN4O2. The Balaban J connectivity index is 0.00000169. The maximum absolute atomic E-state index is 11.0. The van der Waals surface area contributed by atoms with E-state index in [-0.39, 0.29) is 24.8 Å². The van der Waals surface area contributed by atoms with Crippen molar-refractivity contribution in [2.45, 2.75) is 19.4 Å².